The van der Waals surface area contributed by atoms with Gasteiger partial charge in [-0.1, -0.05) is 13.8 Å². The molecular formula is C12H18N4O3. The monoisotopic (exact) mass is 266 g/mol. The summed E-state index contributed by atoms with van der Waals surface area (Å²) >= 11 is 0. The van der Waals surface area contributed by atoms with Crippen LogP contribution in [-0.4, -0.2) is 32.2 Å². The van der Waals surface area contributed by atoms with E-state index in [1.54, 1.807) is 0 Å². The number of hydrogen-bond donors (Lipinski definition) is 2. The van der Waals surface area contributed by atoms with E-state index in [-0.39, 0.29) is 24.7 Å². The lowest BCUT2D eigenvalue weighted by Gasteiger charge is -2.06. The van der Waals surface area contributed by atoms with Gasteiger partial charge in [-0.15, -0.1) is 10.2 Å². The Balaban J connectivity index is 2.57. The number of aryl methyl sites for hydroxylation is 2. The van der Waals surface area contributed by atoms with Gasteiger partial charge in [0.1, 0.15) is 0 Å². The Hall–Kier alpha value is -2.05. The van der Waals surface area contributed by atoms with Crippen molar-refractivity contribution in [1.29, 1.82) is 0 Å². The number of anilines is 1. The first kappa shape index (κ1) is 15.0. The van der Waals surface area contributed by atoms with E-state index in [0.717, 1.165) is 24.2 Å². The molecule has 0 bridgehead atoms. The maximum atomic E-state index is 11.5. The highest BCUT2D eigenvalue weighted by molar-refractivity contribution is 5.89. The highest BCUT2D eigenvalue weighted by atomic mass is 16.4. The quantitative estimate of drug-likeness (QED) is 0.768. The minimum absolute atomic E-state index is 0.0263. The van der Waals surface area contributed by atoms with Gasteiger partial charge in [0.15, 0.2) is 0 Å². The normalized spacial score (nSPS) is 10.2. The second-order valence-corrected chi connectivity index (χ2v) is 4.03. The third-order valence-electron chi connectivity index (χ3n) is 2.55. The van der Waals surface area contributed by atoms with E-state index in [2.05, 4.69) is 20.5 Å². The molecule has 0 aliphatic heterocycles. The molecule has 0 atom stereocenters. The minimum Gasteiger partial charge on any atom is -0.481 e. The maximum Gasteiger partial charge on any atom is 0.303 e. The SMILES string of the molecule is CCc1nnc(NC(=O)CCCC(=O)O)nc1CC. The second kappa shape index (κ2) is 7.40. The second-order valence-electron chi connectivity index (χ2n) is 4.03. The molecule has 0 saturated carbocycles. The van der Waals surface area contributed by atoms with Crippen LogP contribution in [0.3, 0.4) is 0 Å². The molecule has 104 valence electrons. The van der Waals surface area contributed by atoms with E-state index < -0.39 is 5.97 Å². The van der Waals surface area contributed by atoms with E-state index in [9.17, 15) is 9.59 Å². The number of nitrogens with zero attached hydrogens (tertiary/aromatic N) is 3. The smallest absolute Gasteiger partial charge is 0.303 e. The van der Waals surface area contributed by atoms with Crippen LogP contribution in [0.15, 0.2) is 0 Å². The molecule has 0 saturated heterocycles. The van der Waals surface area contributed by atoms with Crippen LogP contribution in [-0.2, 0) is 22.4 Å². The molecule has 7 nitrogen and oxygen atoms in total. The molecule has 0 aliphatic rings. The lowest BCUT2D eigenvalue weighted by Crippen LogP contribution is -2.16. The van der Waals surface area contributed by atoms with Gasteiger partial charge in [-0.3, -0.25) is 14.9 Å². The van der Waals surface area contributed by atoms with Crippen molar-refractivity contribution in [3.05, 3.63) is 11.4 Å². The summed E-state index contributed by atoms with van der Waals surface area (Å²) in [4.78, 5) is 26.1. The van der Waals surface area contributed by atoms with E-state index in [4.69, 9.17) is 5.11 Å². The van der Waals surface area contributed by atoms with Crippen molar-refractivity contribution in [2.45, 2.75) is 46.0 Å². The molecule has 19 heavy (non-hydrogen) atoms. The molecule has 0 fully saturated rings. The zero-order valence-corrected chi connectivity index (χ0v) is 11.1. The fraction of sp³-hybridized carbons (Fsp3) is 0.583. The summed E-state index contributed by atoms with van der Waals surface area (Å²) in [6, 6.07) is 0. The number of carboxylic acids is 1. The average Bonchev–Trinajstić information content (AvgIpc) is 2.38. The number of rotatable bonds is 7. The molecular weight excluding hydrogens is 248 g/mol. The van der Waals surface area contributed by atoms with Crippen LogP contribution in [0.4, 0.5) is 5.95 Å². The lowest BCUT2D eigenvalue weighted by molar-refractivity contribution is -0.137. The summed E-state index contributed by atoms with van der Waals surface area (Å²) in [5, 5.41) is 18.8. The molecule has 1 heterocycles. The molecule has 7 heteroatoms. The Morgan fingerprint density at radius 2 is 1.79 bits per heavy atom. The summed E-state index contributed by atoms with van der Waals surface area (Å²) < 4.78 is 0. The highest BCUT2D eigenvalue weighted by Crippen LogP contribution is 2.07. The van der Waals surface area contributed by atoms with E-state index in [0.29, 0.717) is 6.42 Å². The van der Waals surface area contributed by atoms with Gasteiger partial charge in [-0.05, 0) is 19.3 Å². The Morgan fingerprint density at radius 1 is 1.11 bits per heavy atom. The average molecular weight is 266 g/mol. The van der Waals surface area contributed by atoms with Gasteiger partial charge in [0.05, 0.1) is 11.4 Å². The molecule has 0 aromatic carbocycles. The third kappa shape index (κ3) is 4.99. The van der Waals surface area contributed by atoms with Crippen molar-refractivity contribution in [2.24, 2.45) is 0 Å². The molecule has 0 unspecified atom stereocenters. The van der Waals surface area contributed by atoms with Crippen molar-refractivity contribution in [2.75, 3.05) is 5.32 Å². The summed E-state index contributed by atoms with van der Waals surface area (Å²) in [6.07, 6.45) is 1.87. The zero-order valence-electron chi connectivity index (χ0n) is 11.1. The van der Waals surface area contributed by atoms with Gasteiger partial charge in [0.25, 0.3) is 0 Å². The molecule has 1 amide bonds. The van der Waals surface area contributed by atoms with Gasteiger partial charge >= 0.3 is 5.97 Å². The standard InChI is InChI=1S/C12H18N4O3/c1-3-8-9(4-2)15-16-12(13-8)14-10(17)6-5-7-11(18)19/h3-7H2,1-2H3,(H,18,19)(H,13,14,16,17). The van der Waals surface area contributed by atoms with Crippen LogP contribution >= 0.6 is 0 Å². The molecule has 1 rings (SSSR count). The molecule has 0 spiro atoms. The number of amides is 1. The van der Waals surface area contributed by atoms with Crippen molar-refractivity contribution < 1.29 is 14.7 Å². The number of hydrogen-bond acceptors (Lipinski definition) is 5. The van der Waals surface area contributed by atoms with E-state index >= 15 is 0 Å². The number of aromatic nitrogens is 3. The summed E-state index contributed by atoms with van der Waals surface area (Å²) in [5.74, 6) is -1.03. The number of carbonyl (C=O) groups is 2. The van der Waals surface area contributed by atoms with Crippen molar-refractivity contribution in [3.8, 4) is 0 Å². The van der Waals surface area contributed by atoms with Gasteiger partial charge in [-0.2, -0.15) is 0 Å². The van der Waals surface area contributed by atoms with Crippen LogP contribution in [0, 0.1) is 0 Å². The maximum absolute atomic E-state index is 11.5. The zero-order chi connectivity index (χ0) is 14.3. The van der Waals surface area contributed by atoms with Crippen LogP contribution in [0.1, 0.15) is 44.5 Å². The topological polar surface area (TPSA) is 105 Å². The number of nitrogens with one attached hydrogen (secondary N) is 1. The summed E-state index contributed by atoms with van der Waals surface area (Å²) in [6.45, 7) is 3.93. The number of carbonyl (C=O) groups excluding carboxylic acids is 1. The lowest BCUT2D eigenvalue weighted by atomic mass is 10.2. The van der Waals surface area contributed by atoms with E-state index in [1.165, 1.54) is 0 Å². The predicted octanol–water partition coefficient (Wildman–Crippen LogP) is 1.19. The summed E-state index contributed by atoms with van der Waals surface area (Å²) in [5.41, 5.74) is 1.64. The van der Waals surface area contributed by atoms with Gasteiger partial charge in [0.2, 0.25) is 11.9 Å². The first-order valence-electron chi connectivity index (χ1n) is 6.30. The predicted molar refractivity (Wildman–Crippen MR) is 68.7 cm³/mol. The number of aliphatic carboxylic acids is 1. The first-order chi connectivity index (χ1) is 9.06. The van der Waals surface area contributed by atoms with Crippen molar-refractivity contribution >= 4 is 17.8 Å². The van der Waals surface area contributed by atoms with Crippen LogP contribution in [0.25, 0.3) is 0 Å². The minimum atomic E-state index is -0.911. The Morgan fingerprint density at radius 3 is 2.37 bits per heavy atom. The fourth-order valence-corrected chi connectivity index (χ4v) is 1.58. The highest BCUT2D eigenvalue weighted by Gasteiger charge is 2.09. The van der Waals surface area contributed by atoms with Crippen molar-refractivity contribution in [3.63, 3.8) is 0 Å². The van der Waals surface area contributed by atoms with E-state index in [1.807, 2.05) is 13.8 Å². The number of carboxylic acid groups (broad SMARTS) is 1. The third-order valence-corrected chi connectivity index (χ3v) is 2.55. The largest absolute Gasteiger partial charge is 0.481 e. The fourth-order valence-electron chi connectivity index (χ4n) is 1.58. The molecule has 0 radical (unpaired) electrons. The van der Waals surface area contributed by atoms with Gasteiger partial charge in [-0.25, -0.2) is 4.98 Å². The van der Waals surface area contributed by atoms with Gasteiger partial charge in [0, 0.05) is 12.8 Å². The van der Waals surface area contributed by atoms with Crippen LogP contribution < -0.4 is 5.32 Å². The van der Waals surface area contributed by atoms with Crippen LogP contribution in [0.5, 0.6) is 0 Å². The summed E-state index contributed by atoms with van der Waals surface area (Å²) in [7, 11) is 0. The molecule has 0 aliphatic carbocycles. The molecule has 1 aromatic rings. The first-order valence-corrected chi connectivity index (χ1v) is 6.30. The molecule has 2 N–H and O–H groups in total. The Kier molecular flexibility index (Phi) is 5.84. The molecule has 1 aromatic heterocycles. The van der Waals surface area contributed by atoms with Gasteiger partial charge < -0.3 is 5.11 Å². The Bertz CT molecular complexity index is 462. The van der Waals surface area contributed by atoms with Crippen LogP contribution in [0.2, 0.25) is 0 Å². The Labute approximate surface area is 111 Å². The van der Waals surface area contributed by atoms with Crippen molar-refractivity contribution in [1.82, 2.24) is 15.2 Å².